The molecule has 0 aromatic heterocycles. The van der Waals surface area contributed by atoms with Gasteiger partial charge in [0.15, 0.2) is 11.9 Å². The minimum absolute atomic E-state index is 0.0459. The van der Waals surface area contributed by atoms with Crippen molar-refractivity contribution in [3.8, 4) is 5.75 Å². The lowest BCUT2D eigenvalue weighted by Crippen LogP contribution is -2.42. The van der Waals surface area contributed by atoms with Crippen LogP contribution in [0.2, 0.25) is 0 Å². The van der Waals surface area contributed by atoms with Crippen LogP contribution >= 0.6 is 0 Å². The van der Waals surface area contributed by atoms with E-state index in [0.29, 0.717) is 62.5 Å². The molecule has 4 rings (SSSR count). The van der Waals surface area contributed by atoms with Crippen LogP contribution in [0.5, 0.6) is 5.75 Å². The predicted octanol–water partition coefficient (Wildman–Crippen LogP) is 3.98. The second-order valence-corrected chi connectivity index (χ2v) is 12.4. The summed E-state index contributed by atoms with van der Waals surface area (Å²) in [7, 11) is -3.83. The fourth-order valence-electron chi connectivity index (χ4n) is 5.51. The Kier molecular flexibility index (Phi) is 10.1. The number of rotatable bonds is 14. The van der Waals surface area contributed by atoms with Crippen LogP contribution in [-0.2, 0) is 19.7 Å². The highest BCUT2D eigenvalue weighted by atomic mass is 32.2. The van der Waals surface area contributed by atoms with Crippen molar-refractivity contribution in [2.45, 2.75) is 76.7 Å². The number of amidine groups is 1. The Morgan fingerprint density at radius 2 is 1.85 bits per heavy atom. The standard InChI is InChI=1S/C28H39N5O7S/c1-4-8-21-19-31(6-3)26-25(21)29-27(30-28(26)34)23-18-22(10-11-24(23)39-16-5-2)41(37,38)32-14-12-20(13-15-32)9-7-17-40-33(35)36/h10-11,18-20,26H,4-9,12-17H2,1-3H3. The molecule has 0 N–H and O–H groups in total. The van der Waals surface area contributed by atoms with Crippen molar-refractivity contribution in [1.29, 1.82) is 0 Å². The lowest BCUT2D eigenvalue weighted by atomic mass is 9.93. The summed E-state index contributed by atoms with van der Waals surface area (Å²) >= 11 is 0. The lowest BCUT2D eigenvalue weighted by molar-refractivity contribution is -0.757. The van der Waals surface area contributed by atoms with E-state index in [9.17, 15) is 23.3 Å². The molecule has 1 aromatic carbocycles. The maximum absolute atomic E-state index is 13.7. The molecule has 224 valence electrons. The molecule has 1 unspecified atom stereocenters. The molecule has 13 heteroatoms. The fraction of sp³-hybridized carbons (Fsp3) is 0.607. The number of hydrogen-bond acceptors (Lipinski definition) is 9. The number of sulfonamides is 1. The summed E-state index contributed by atoms with van der Waals surface area (Å²) in [6.45, 7) is 7.85. The Balaban J connectivity index is 1.58. The first-order chi connectivity index (χ1) is 19.7. The number of ether oxygens (including phenoxy) is 1. The molecule has 0 aliphatic carbocycles. The minimum atomic E-state index is -3.83. The maximum Gasteiger partial charge on any atom is 0.294 e. The summed E-state index contributed by atoms with van der Waals surface area (Å²) in [5.74, 6) is 0.555. The van der Waals surface area contributed by atoms with E-state index in [0.717, 1.165) is 31.3 Å². The van der Waals surface area contributed by atoms with Crippen LogP contribution in [0.4, 0.5) is 0 Å². The first-order valence-electron chi connectivity index (χ1n) is 14.4. The molecule has 12 nitrogen and oxygen atoms in total. The topological polar surface area (TPSA) is 144 Å². The summed E-state index contributed by atoms with van der Waals surface area (Å²) in [6, 6.07) is 4.12. The second-order valence-electron chi connectivity index (χ2n) is 10.5. The van der Waals surface area contributed by atoms with Gasteiger partial charge in [-0.05, 0) is 75.1 Å². The van der Waals surface area contributed by atoms with Gasteiger partial charge in [-0.1, -0.05) is 20.3 Å². The number of hydrogen-bond donors (Lipinski definition) is 0. The van der Waals surface area contributed by atoms with Gasteiger partial charge in [0.25, 0.3) is 11.0 Å². The number of amides is 1. The smallest absolute Gasteiger partial charge is 0.294 e. The van der Waals surface area contributed by atoms with E-state index in [2.05, 4.69) is 16.8 Å². The first kappa shape index (κ1) is 30.6. The molecule has 0 bridgehead atoms. The van der Waals surface area contributed by atoms with Gasteiger partial charge in [-0.15, -0.1) is 10.1 Å². The third-order valence-corrected chi connectivity index (χ3v) is 9.52. The van der Waals surface area contributed by atoms with E-state index in [1.165, 1.54) is 16.4 Å². The van der Waals surface area contributed by atoms with Crippen molar-refractivity contribution in [1.82, 2.24) is 9.21 Å². The molecule has 1 aromatic rings. The molecular weight excluding hydrogens is 550 g/mol. The van der Waals surface area contributed by atoms with Crippen LogP contribution in [0.3, 0.4) is 0 Å². The van der Waals surface area contributed by atoms with Crippen LogP contribution in [0.25, 0.3) is 0 Å². The first-order valence-corrected chi connectivity index (χ1v) is 15.9. The van der Waals surface area contributed by atoms with Gasteiger partial charge >= 0.3 is 0 Å². The molecule has 0 saturated carbocycles. The molecular formula is C28H39N5O7S. The van der Waals surface area contributed by atoms with E-state index < -0.39 is 21.2 Å². The normalized spacial score (nSPS) is 19.9. The van der Waals surface area contributed by atoms with Crippen molar-refractivity contribution in [2.75, 3.05) is 32.8 Å². The molecule has 41 heavy (non-hydrogen) atoms. The van der Waals surface area contributed by atoms with Crippen molar-refractivity contribution < 1.29 is 27.9 Å². The Hall–Kier alpha value is -3.32. The van der Waals surface area contributed by atoms with Crippen LogP contribution in [-0.4, -0.2) is 79.1 Å². The summed E-state index contributed by atoms with van der Waals surface area (Å²) in [5, 5.41) is 9.54. The average molecular weight is 590 g/mol. The number of fused-ring (bicyclic) bond motifs is 1. The molecule has 1 fully saturated rings. The average Bonchev–Trinajstić information content (AvgIpc) is 3.32. The van der Waals surface area contributed by atoms with Crippen LogP contribution in [0.15, 0.2) is 44.9 Å². The van der Waals surface area contributed by atoms with E-state index in [-0.39, 0.29) is 29.2 Å². The minimum Gasteiger partial charge on any atom is -0.493 e. The summed E-state index contributed by atoms with van der Waals surface area (Å²) in [6.07, 6.45) is 7.04. The predicted molar refractivity (Wildman–Crippen MR) is 154 cm³/mol. The Bertz CT molecular complexity index is 1330. The van der Waals surface area contributed by atoms with E-state index >= 15 is 0 Å². The fourth-order valence-corrected chi connectivity index (χ4v) is 7.00. The highest BCUT2D eigenvalue weighted by molar-refractivity contribution is 7.89. The molecule has 1 atom stereocenters. The number of benzene rings is 1. The quantitative estimate of drug-likeness (QED) is 0.180. The van der Waals surface area contributed by atoms with Gasteiger partial charge in [0.05, 0.1) is 29.4 Å². The molecule has 0 radical (unpaired) electrons. The van der Waals surface area contributed by atoms with Gasteiger partial charge in [0.1, 0.15) is 5.75 Å². The third kappa shape index (κ3) is 6.95. The van der Waals surface area contributed by atoms with Gasteiger partial charge in [-0.2, -0.15) is 9.30 Å². The van der Waals surface area contributed by atoms with Crippen molar-refractivity contribution in [2.24, 2.45) is 15.9 Å². The molecule has 0 spiro atoms. The number of piperidine rings is 1. The highest BCUT2D eigenvalue weighted by Crippen LogP contribution is 2.32. The third-order valence-electron chi connectivity index (χ3n) is 7.62. The van der Waals surface area contributed by atoms with Gasteiger partial charge in [0, 0.05) is 25.8 Å². The number of likely N-dealkylation sites (N-methyl/N-ethyl adjacent to an activating group) is 1. The van der Waals surface area contributed by atoms with Gasteiger partial charge in [-0.3, -0.25) is 4.79 Å². The van der Waals surface area contributed by atoms with Gasteiger partial charge in [0.2, 0.25) is 10.0 Å². The van der Waals surface area contributed by atoms with E-state index in [1.54, 1.807) is 6.07 Å². The van der Waals surface area contributed by atoms with Crippen molar-refractivity contribution >= 4 is 27.5 Å². The highest BCUT2D eigenvalue weighted by Gasteiger charge is 2.39. The molecule has 3 heterocycles. The zero-order valence-corrected chi connectivity index (χ0v) is 24.8. The largest absolute Gasteiger partial charge is 0.493 e. The van der Waals surface area contributed by atoms with E-state index in [1.807, 2.05) is 24.9 Å². The summed E-state index contributed by atoms with van der Waals surface area (Å²) in [4.78, 5) is 39.1. The Labute approximate surface area is 241 Å². The van der Waals surface area contributed by atoms with Gasteiger partial charge in [-0.25, -0.2) is 13.4 Å². The second kappa shape index (κ2) is 13.6. The molecule has 1 amide bonds. The zero-order valence-electron chi connectivity index (χ0n) is 24.0. The SMILES string of the molecule is CCCOc1ccc(S(=O)(=O)N2CCC(CCCO[N+](=O)[O-])CC2)cc1C1=NC(=O)C2C(=N1)C(CCC)=CN2CC. The summed E-state index contributed by atoms with van der Waals surface area (Å²) in [5.41, 5.74) is 2.04. The van der Waals surface area contributed by atoms with Crippen molar-refractivity contribution in [3.63, 3.8) is 0 Å². The van der Waals surface area contributed by atoms with Crippen LogP contribution < -0.4 is 4.74 Å². The van der Waals surface area contributed by atoms with Gasteiger partial charge < -0.3 is 14.5 Å². The van der Waals surface area contributed by atoms with Crippen LogP contribution in [0, 0.1) is 16.0 Å². The van der Waals surface area contributed by atoms with E-state index in [4.69, 9.17) is 9.73 Å². The van der Waals surface area contributed by atoms with Crippen molar-refractivity contribution in [3.05, 3.63) is 45.6 Å². The van der Waals surface area contributed by atoms with Crippen LogP contribution in [0.1, 0.15) is 71.3 Å². The molecule has 3 aliphatic heterocycles. The molecule has 1 saturated heterocycles. The number of aliphatic imine (C=N–C) groups is 2. The molecule has 3 aliphatic rings. The monoisotopic (exact) mass is 589 g/mol. The number of carbonyl (C=O) groups is 1. The Morgan fingerprint density at radius 3 is 2.51 bits per heavy atom. The zero-order chi connectivity index (χ0) is 29.6. The lowest BCUT2D eigenvalue weighted by Gasteiger charge is -2.31. The number of carbonyl (C=O) groups excluding carboxylic acids is 1. The Morgan fingerprint density at radius 1 is 1.10 bits per heavy atom. The summed E-state index contributed by atoms with van der Waals surface area (Å²) < 4.78 is 34.8. The number of nitrogens with zero attached hydrogens (tertiary/aromatic N) is 5. The maximum atomic E-state index is 13.7.